The third-order valence-electron chi connectivity index (χ3n) is 3.40. The third kappa shape index (κ3) is 2.80. The Morgan fingerprint density at radius 2 is 1.92 bits per heavy atom. The number of benzene rings is 2. The van der Waals surface area contributed by atoms with Gasteiger partial charge >= 0.3 is 0 Å². The molecule has 9 heteroatoms. The molecule has 0 aromatic heterocycles. The molecule has 0 unspecified atom stereocenters. The molecular formula is C15H10BrFN2O4S. The highest BCUT2D eigenvalue weighted by atomic mass is 79.9. The molecule has 1 heterocycles. The second-order valence-electron chi connectivity index (χ2n) is 4.99. The van der Waals surface area contributed by atoms with Gasteiger partial charge in [-0.2, -0.15) is 0 Å². The number of amides is 2. The van der Waals surface area contributed by atoms with Gasteiger partial charge in [-0.15, -0.1) is 0 Å². The Bertz CT molecular complexity index is 962. The Kier molecular flexibility index (Phi) is 4.14. The molecule has 2 amide bonds. The van der Waals surface area contributed by atoms with Gasteiger partial charge in [-0.1, -0.05) is 28.1 Å². The number of hydrogen-bond donors (Lipinski definition) is 1. The average molecular weight is 413 g/mol. The Labute approximate surface area is 145 Å². The summed E-state index contributed by atoms with van der Waals surface area (Å²) in [5.74, 6) is -2.28. The zero-order valence-corrected chi connectivity index (χ0v) is 14.4. The van der Waals surface area contributed by atoms with Gasteiger partial charge in [-0.3, -0.25) is 9.59 Å². The summed E-state index contributed by atoms with van der Waals surface area (Å²) in [6, 6.07) is 9.70. The van der Waals surface area contributed by atoms with E-state index in [4.69, 9.17) is 0 Å². The van der Waals surface area contributed by atoms with E-state index in [0.717, 1.165) is 6.07 Å². The van der Waals surface area contributed by atoms with Crippen LogP contribution in [-0.2, 0) is 14.8 Å². The molecule has 124 valence electrons. The van der Waals surface area contributed by atoms with E-state index in [2.05, 4.69) is 21.2 Å². The van der Waals surface area contributed by atoms with Crippen molar-refractivity contribution in [3.05, 3.63) is 58.3 Å². The Balaban J connectivity index is 1.82. The van der Waals surface area contributed by atoms with Gasteiger partial charge in [0.2, 0.25) is 5.91 Å². The molecule has 0 saturated heterocycles. The molecule has 0 fully saturated rings. The Morgan fingerprint density at radius 1 is 1.21 bits per heavy atom. The summed E-state index contributed by atoms with van der Waals surface area (Å²) in [7, 11) is -4.08. The normalized spacial score (nSPS) is 15.2. The van der Waals surface area contributed by atoms with Crippen LogP contribution in [0.1, 0.15) is 10.4 Å². The molecule has 0 spiro atoms. The highest BCUT2D eigenvalue weighted by Gasteiger charge is 2.41. The van der Waals surface area contributed by atoms with E-state index < -0.39 is 34.2 Å². The molecule has 0 aliphatic carbocycles. The number of hydrogen-bond acceptors (Lipinski definition) is 4. The number of fused-ring (bicyclic) bond motifs is 1. The fraction of sp³-hybridized carbons (Fsp3) is 0.0667. The number of anilines is 1. The highest BCUT2D eigenvalue weighted by Crippen LogP contribution is 2.29. The molecule has 0 saturated carbocycles. The lowest BCUT2D eigenvalue weighted by Crippen LogP contribution is -2.37. The van der Waals surface area contributed by atoms with Crippen molar-refractivity contribution in [2.45, 2.75) is 4.90 Å². The summed E-state index contributed by atoms with van der Waals surface area (Å²) >= 11 is 3.09. The fourth-order valence-corrected chi connectivity index (χ4v) is 4.16. The second-order valence-corrected chi connectivity index (χ2v) is 7.73. The van der Waals surface area contributed by atoms with Crippen LogP contribution in [-0.4, -0.2) is 31.1 Å². The molecule has 0 atom stereocenters. The third-order valence-corrected chi connectivity index (χ3v) is 5.68. The molecule has 3 rings (SSSR count). The van der Waals surface area contributed by atoms with Crippen LogP contribution in [0.5, 0.6) is 0 Å². The SMILES string of the molecule is O=C(CN1C(=O)c2ccccc2S1(=O)=O)Nc1ccc(Br)cc1F. The van der Waals surface area contributed by atoms with Gasteiger partial charge < -0.3 is 5.32 Å². The van der Waals surface area contributed by atoms with E-state index in [1.807, 2.05) is 0 Å². The van der Waals surface area contributed by atoms with Crippen molar-refractivity contribution < 1.29 is 22.4 Å². The summed E-state index contributed by atoms with van der Waals surface area (Å²) in [5, 5.41) is 2.26. The maximum atomic E-state index is 13.7. The molecule has 2 aromatic carbocycles. The summed E-state index contributed by atoms with van der Waals surface area (Å²) < 4.78 is 39.4. The van der Waals surface area contributed by atoms with Crippen molar-refractivity contribution in [1.82, 2.24) is 4.31 Å². The van der Waals surface area contributed by atoms with Gasteiger partial charge in [0.05, 0.1) is 11.3 Å². The van der Waals surface area contributed by atoms with Crippen molar-refractivity contribution >= 4 is 43.5 Å². The van der Waals surface area contributed by atoms with Crippen LogP contribution in [0.25, 0.3) is 0 Å². The molecule has 1 N–H and O–H groups in total. The zero-order valence-electron chi connectivity index (χ0n) is 12.0. The fourth-order valence-electron chi connectivity index (χ4n) is 2.30. The number of sulfonamides is 1. The minimum atomic E-state index is -4.08. The highest BCUT2D eigenvalue weighted by molar-refractivity contribution is 9.10. The number of halogens is 2. The van der Waals surface area contributed by atoms with E-state index in [1.54, 1.807) is 0 Å². The summed E-state index contributed by atoms with van der Waals surface area (Å²) in [6.07, 6.45) is 0. The van der Waals surface area contributed by atoms with Crippen LogP contribution >= 0.6 is 15.9 Å². The number of rotatable bonds is 3. The van der Waals surface area contributed by atoms with Gasteiger partial charge in [0, 0.05) is 4.47 Å². The van der Waals surface area contributed by atoms with Crippen molar-refractivity contribution in [3.63, 3.8) is 0 Å². The Morgan fingerprint density at radius 3 is 2.58 bits per heavy atom. The topological polar surface area (TPSA) is 83.6 Å². The molecule has 2 aromatic rings. The molecule has 1 aliphatic heterocycles. The molecule has 0 bridgehead atoms. The zero-order chi connectivity index (χ0) is 17.5. The molecule has 0 radical (unpaired) electrons. The van der Waals surface area contributed by atoms with Crippen LogP contribution in [0.3, 0.4) is 0 Å². The number of nitrogens with zero attached hydrogens (tertiary/aromatic N) is 1. The van der Waals surface area contributed by atoms with Crippen LogP contribution in [0.15, 0.2) is 51.8 Å². The van der Waals surface area contributed by atoms with Crippen molar-refractivity contribution in [2.24, 2.45) is 0 Å². The van der Waals surface area contributed by atoms with Crippen LogP contribution in [0, 0.1) is 5.82 Å². The standard InChI is InChI=1S/C15H10BrFN2O4S/c16-9-5-6-12(11(17)7-9)18-14(20)8-19-15(21)10-3-1-2-4-13(10)24(19,22)23/h1-7H,8H2,(H,18,20). The predicted octanol–water partition coefficient (Wildman–Crippen LogP) is 2.37. The van der Waals surface area contributed by atoms with E-state index in [-0.39, 0.29) is 16.1 Å². The van der Waals surface area contributed by atoms with Gasteiger partial charge in [-0.25, -0.2) is 17.1 Å². The van der Waals surface area contributed by atoms with Gasteiger partial charge in [0.25, 0.3) is 15.9 Å². The second kappa shape index (κ2) is 5.99. The largest absolute Gasteiger partial charge is 0.322 e. The lowest BCUT2D eigenvalue weighted by atomic mass is 10.2. The van der Waals surface area contributed by atoms with Crippen molar-refractivity contribution in [2.75, 3.05) is 11.9 Å². The van der Waals surface area contributed by atoms with E-state index >= 15 is 0 Å². The van der Waals surface area contributed by atoms with Gasteiger partial charge in [0.15, 0.2) is 0 Å². The molecule has 24 heavy (non-hydrogen) atoms. The van der Waals surface area contributed by atoms with E-state index in [9.17, 15) is 22.4 Å². The quantitative estimate of drug-likeness (QED) is 0.838. The Hall–Kier alpha value is -2.26. The van der Waals surface area contributed by atoms with Crippen LogP contribution in [0.2, 0.25) is 0 Å². The first kappa shape index (κ1) is 16.6. The van der Waals surface area contributed by atoms with Crippen LogP contribution in [0.4, 0.5) is 10.1 Å². The number of carbonyl (C=O) groups excluding carboxylic acids is 2. The summed E-state index contributed by atoms with van der Waals surface area (Å²) in [4.78, 5) is 24.1. The lowest BCUT2D eigenvalue weighted by molar-refractivity contribution is -0.116. The predicted molar refractivity (Wildman–Crippen MR) is 87.4 cm³/mol. The summed E-state index contributed by atoms with van der Waals surface area (Å²) in [6.45, 7) is -0.731. The van der Waals surface area contributed by atoms with Crippen molar-refractivity contribution in [1.29, 1.82) is 0 Å². The molecular weight excluding hydrogens is 403 g/mol. The molecule has 1 aliphatic rings. The monoisotopic (exact) mass is 412 g/mol. The van der Waals surface area contributed by atoms with Gasteiger partial charge in [-0.05, 0) is 30.3 Å². The first-order valence-electron chi connectivity index (χ1n) is 6.72. The first-order valence-corrected chi connectivity index (χ1v) is 8.95. The first-order chi connectivity index (χ1) is 11.3. The smallest absolute Gasteiger partial charge is 0.269 e. The average Bonchev–Trinajstić information content (AvgIpc) is 2.72. The van der Waals surface area contributed by atoms with E-state index in [0.29, 0.717) is 8.78 Å². The number of nitrogens with one attached hydrogen (secondary N) is 1. The van der Waals surface area contributed by atoms with Gasteiger partial charge in [0.1, 0.15) is 17.3 Å². The maximum Gasteiger partial charge on any atom is 0.269 e. The lowest BCUT2D eigenvalue weighted by Gasteiger charge is -2.15. The minimum Gasteiger partial charge on any atom is -0.322 e. The van der Waals surface area contributed by atoms with Crippen LogP contribution < -0.4 is 5.32 Å². The minimum absolute atomic E-state index is 0.0140. The van der Waals surface area contributed by atoms with E-state index in [1.165, 1.54) is 36.4 Å². The summed E-state index contributed by atoms with van der Waals surface area (Å²) in [5.41, 5.74) is -0.0927. The molecule has 6 nitrogen and oxygen atoms in total. The number of carbonyl (C=O) groups is 2. The van der Waals surface area contributed by atoms with Crippen molar-refractivity contribution in [3.8, 4) is 0 Å². The maximum absolute atomic E-state index is 13.7.